The van der Waals surface area contributed by atoms with Crippen molar-refractivity contribution >= 4 is 5.78 Å². The van der Waals surface area contributed by atoms with Gasteiger partial charge in [0.1, 0.15) is 0 Å². The highest BCUT2D eigenvalue weighted by Gasteiger charge is 2.20. The minimum Gasteiger partial charge on any atom is -0.330 e. The summed E-state index contributed by atoms with van der Waals surface area (Å²) in [6, 6.07) is 7.71. The van der Waals surface area contributed by atoms with Gasteiger partial charge in [-0.15, -0.1) is 0 Å². The summed E-state index contributed by atoms with van der Waals surface area (Å²) in [4.78, 5) is 12.3. The van der Waals surface area contributed by atoms with Gasteiger partial charge in [0.2, 0.25) is 0 Å². The molecule has 0 aliphatic carbocycles. The molecule has 0 fully saturated rings. The molecule has 1 rings (SSSR count). The number of ketones is 1. The molecule has 0 saturated carbocycles. The van der Waals surface area contributed by atoms with E-state index in [-0.39, 0.29) is 11.7 Å². The number of carbonyl (C=O) groups excluding carboxylic acids is 1. The van der Waals surface area contributed by atoms with Gasteiger partial charge in [0.05, 0.1) is 0 Å². The van der Waals surface area contributed by atoms with Gasteiger partial charge in [-0.1, -0.05) is 38.1 Å². The van der Waals surface area contributed by atoms with E-state index in [4.69, 9.17) is 5.73 Å². The molecule has 2 heteroatoms. The van der Waals surface area contributed by atoms with Crippen molar-refractivity contribution in [2.75, 3.05) is 6.54 Å². The highest BCUT2D eigenvalue weighted by atomic mass is 16.1. The zero-order chi connectivity index (χ0) is 12.1. The number of nitrogens with two attached hydrogens (primary N) is 1. The summed E-state index contributed by atoms with van der Waals surface area (Å²) in [5.74, 6) is 0.650. The number of benzene rings is 1. The van der Waals surface area contributed by atoms with E-state index >= 15 is 0 Å². The minimum absolute atomic E-state index is 0.0406. The zero-order valence-electron chi connectivity index (χ0n) is 10.4. The molecule has 1 aromatic rings. The third kappa shape index (κ3) is 3.17. The second kappa shape index (κ2) is 5.80. The van der Waals surface area contributed by atoms with Crippen LogP contribution in [0.1, 0.15) is 36.2 Å². The van der Waals surface area contributed by atoms with E-state index in [1.807, 2.05) is 31.2 Å². The van der Waals surface area contributed by atoms with Crippen LogP contribution in [-0.4, -0.2) is 12.3 Å². The van der Waals surface area contributed by atoms with Crippen molar-refractivity contribution in [1.29, 1.82) is 0 Å². The highest BCUT2D eigenvalue weighted by Crippen LogP contribution is 2.18. The molecule has 0 amide bonds. The van der Waals surface area contributed by atoms with Crippen molar-refractivity contribution < 1.29 is 4.79 Å². The Morgan fingerprint density at radius 1 is 1.31 bits per heavy atom. The lowest BCUT2D eigenvalue weighted by Crippen LogP contribution is -2.25. The summed E-state index contributed by atoms with van der Waals surface area (Å²) in [6.07, 6.45) is 0.865. The molecular formula is C14H21NO. The Bertz CT molecular complexity index is 358. The fourth-order valence-electron chi connectivity index (χ4n) is 1.95. The van der Waals surface area contributed by atoms with Crippen LogP contribution in [0.15, 0.2) is 24.3 Å². The van der Waals surface area contributed by atoms with Crippen LogP contribution < -0.4 is 5.73 Å². The van der Waals surface area contributed by atoms with Gasteiger partial charge in [-0.05, 0) is 24.8 Å². The number of Topliss-reactive ketones (excluding diaryl/α,β-unsaturated/α-hetero) is 1. The minimum atomic E-state index is -0.0406. The fourth-order valence-corrected chi connectivity index (χ4v) is 1.95. The quantitative estimate of drug-likeness (QED) is 0.774. The SMILES string of the molecule is Cc1ccccc1C(=O)C(CN)CC(C)C. The Morgan fingerprint density at radius 2 is 1.94 bits per heavy atom. The number of hydrogen-bond donors (Lipinski definition) is 1. The van der Waals surface area contributed by atoms with E-state index in [0.717, 1.165) is 17.5 Å². The second-order valence-electron chi connectivity index (χ2n) is 4.74. The number of carbonyl (C=O) groups is 1. The molecular weight excluding hydrogens is 198 g/mol. The normalized spacial score (nSPS) is 12.8. The fraction of sp³-hybridized carbons (Fsp3) is 0.500. The molecule has 1 atom stereocenters. The van der Waals surface area contributed by atoms with Crippen molar-refractivity contribution in [3.05, 3.63) is 35.4 Å². The van der Waals surface area contributed by atoms with E-state index in [2.05, 4.69) is 13.8 Å². The van der Waals surface area contributed by atoms with Crippen LogP contribution in [0.4, 0.5) is 0 Å². The Hall–Kier alpha value is -1.15. The molecule has 0 bridgehead atoms. The number of aryl methyl sites for hydroxylation is 1. The average Bonchev–Trinajstić information content (AvgIpc) is 2.25. The Labute approximate surface area is 97.9 Å². The predicted octanol–water partition coefficient (Wildman–Crippen LogP) is 2.80. The van der Waals surface area contributed by atoms with Gasteiger partial charge in [0.25, 0.3) is 0 Å². The molecule has 0 aliphatic rings. The Morgan fingerprint density at radius 3 is 2.44 bits per heavy atom. The summed E-state index contributed by atoms with van der Waals surface area (Å²) in [7, 11) is 0. The van der Waals surface area contributed by atoms with Crippen molar-refractivity contribution in [3.63, 3.8) is 0 Å². The molecule has 0 heterocycles. The molecule has 0 saturated heterocycles. The van der Waals surface area contributed by atoms with Crippen LogP contribution in [0.3, 0.4) is 0 Å². The monoisotopic (exact) mass is 219 g/mol. The summed E-state index contributed by atoms with van der Waals surface area (Å²) in [5.41, 5.74) is 7.54. The van der Waals surface area contributed by atoms with Gasteiger partial charge >= 0.3 is 0 Å². The molecule has 2 nitrogen and oxygen atoms in total. The zero-order valence-corrected chi connectivity index (χ0v) is 10.4. The maximum absolute atomic E-state index is 12.3. The van der Waals surface area contributed by atoms with Gasteiger partial charge in [0.15, 0.2) is 5.78 Å². The lowest BCUT2D eigenvalue weighted by atomic mass is 9.88. The molecule has 88 valence electrons. The molecule has 2 N–H and O–H groups in total. The maximum Gasteiger partial charge on any atom is 0.167 e. The largest absolute Gasteiger partial charge is 0.330 e. The molecule has 1 unspecified atom stereocenters. The summed E-state index contributed by atoms with van der Waals surface area (Å²) in [6.45, 7) is 6.64. The maximum atomic E-state index is 12.3. The van der Waals surface area contributed by atoms with Crippen LogP contribution >= 0.6 is 0 Å². The van der Waals surface area contributed by atoms with E-state index in [1.54, 1.807) is 0 Å². The molecule has 0 spiro atoms. The molecule has 0 radical (unpaired) electrons. The smallest absolute Gasteiger partial charge is 0.167 e. The van der Waals surface area contributed by atoms with E-state index < -0.39 is 0 Å². The first-order valence-electron chi connectivity index (χ1n) is 5.86. The predicted molar refractivity (Wildman–Crippen MR) is 67.5 cm³/mol. The lowest BCUT2D eigenvalue weighted by Gasteiger charge is -2.16. The summed E-state index contributed by atoms with van der Waals surface area (Å²) >= 11 is 0. The average molecular weight is 219 g/mol. The molecule has 0 aromatic heterocycles. The Kier molecular flexibility index (Phi) is 4.69. The van der Waals surface area contributed by atoms with Gasteiger partial charge in [0, 0.05) is 18.0 Å². The third-order valence-electron chi connectivity index (χ3n) is 2.82. The van der Waals surface area contributed by atoms with Crippen molar-refractivity contribution in [2.45, 2.75) is 27.2 Å². The first-order chi connectivity index (χ1) is 7.56. The van der Waals surface area contributed by atoms with Gasteiger partial charge in [-0.3, -0.25) is 4.79 Å². The van der Waals surface area contributed by atoms with Crippen molar-refractivity contribution in [3.8, 4) is 0 Å². The van der Waals surface area contributed by atoms with Crippen LogP contribution in [0.5, 0.6) is 0 Å². The Balaban J connectivity index is 2.87. The standard InChI is InChI=1S/C14H21NO/c1-10(2)8-12(9-15)14(16)13-7-5-4-6-11(13)3/h4-7,10,12H,8-9,15H2,1-3H3. The summed E-state index contributed by atoms with van der Waals surface area (Å²) < 4.78 is 0. The van der Waals surface area contributed by atoms with E-state index in [9.17, 15) is 4.79 Å². The van der Waals surface area contributed by atoms with Gasteiger partial charge < -0.3 is 5.73 Å². The van der Waals surface area contributed by atoms with Gasteiger partial charge in [-0.25, -0.2) is 0 Å². The number of hydrogen-bond acceptors (Lipinski definition) is 2. The van der Waals surface area contributed by atoms with E-state index in [1.165, 1.54) is 0 Å². The molecule has 1 aromatic carbocycles. The second-order valence-corrected chi connectivity index (χ2v) is 4.74. The topological polar surface area (TPSA) is 43.1 Å². The highest BCUT2D eigenvalue weighted by molar-refractivity contribution is 5.99. The van der Waals surface area contributed by atoms with Crippen LogP contribution in [0, 0.1) is 18.8 Å². The van der Waals surface area contributed by atoms with Crippen LogP contribution in [-0.2, 0) is 0 Å². The lowest BCUT2D eigenvalue weighted by molar-refractivity contribution is 0.0908. The van der Waals surface area contributed by atoms with Crippen molar-refractivity contribution in [2.24, 2.45) is 17.6 Å². The summed E-state index contributed by atoms with van der Waals surface area (Å²) in [5, 5.41) is 0. The van der Waals surface area contributed by atoms with Crippen LogP contribution in [0.2, 0.25) is 0 Å². The first kappa shape index (κ1) is 12.9. The van der Waals surface area contributed by atoms with Crippen LogP contribution in [0.25, 0.3) is 0 Å². The molecule has 16 heavy (non-hydrogen) atoms. The first-order valence-corrected chi connectivity index (χ1v) is 5.86. The number of rotatable bonds is 5. The molecule has 0 aliphatic heterocycles. The van der Waals surface area contributed by atoms with E-state index in [0.29, 0.717) is 12.5 Å². The third-order valence-corrected chi connectivity index (χ3v) is 2.82. The van der Waals surface area contributed by atoms with Gasteiger partial charge in [-0.2, -0.15) is 0 Å². The van der Waals surface area contributed by atoms with Crippen molar-refractivity contribution in [1.82, 2.24) is 0 Å².